The monoisotopic (exact) mass is 416 g/mol. The van der Waals surface area contributed by atoms with Gasteiger partial charge in [0.2, 0.25) is 5.79 Å². The molecule has 7 nitrogen and oxygen atoms in total. The van der Waals surface area contributed by atoms with E-state index in [0.717, 1.165) is 11.1 Å². The van der Waals surface area contributed by atoms with E-state index in [2.05, 4.69) is 0 Å². The number of aliphatic hydroxyl groups excluding tert-OH is 2. The van der Waals surface area contributed by atoms with Crippen molar-refractivity contribution >= 4 is 0 Å². The van der Waals surface area contributed by atoms with Gasteiger partial charge < -0.3 is 33.9 Å². The summed E-state index contributed by atoms with van der Waals surface area (Å²) in [6.45, 7) is 0.458. The number of fused-ring (bicyclic) bond motifs is 2. The smallest absolute Gasteiger partial charge is 0.222 e. The largest absolute Gasteiger partial charge is 0.394 e. The van der Waals surface area contributed by atoms with E-state index in [0.29, 0.717) is 6.61 Å². The summed E-state index contributed by atoms with van der Waals surface area (Å²) in [7, 11) is 1.51. The standard InChI is InChI=1S/C23H28O7/c1-26-16-23-20(25)21(28-14-18-10-6-3-7-11-18)22(30-23,19(12-24)29-23)15-27-13-17-8-4-2-5-9-17/h2-11,19-21,24-25H,12-16H2,1H3/t19-,20-,21-,22+,23+/m0/s1. The van der Waals surface area contributed by atoms with E-state index in [-0.39, 0.29) is 26.4 Å². The lowest BCUT2D eigenvalue weighted by atomic mass is 9.86. The van der Waals surface area contributed by atoms with Crippen LogP contribution in [0.1, 0.15) is 11.1 Å². The van der Waals surface area contributed by atoms with Gasteiger partial charge in [-0.3, -0.25) is 0 Å². The van der Waals surface area contributed by atoms with Crippen molar-refractivity contribution in [3.63, 3.8) is 0 Å². The van der Waals surface area contributed by atoms with Crippen molar-refractivity contribution in [2.75, 3.05) is 26.9 Å². The molecule has 0 aliphatic carbocycles. The zero-order valence-electron chi connectivity index (χ0n) is 17.0. The van der Waals surface area contributed by atoms with Gasteiger partial charge in [0.05, 0.1) is 26.4 Å². The van der Waals surface area contributed by atoms with Gasteiger partial charge in [-0.2, -0.15) is 0 Å². The fourth-order valence-electron chi connectivity index (χ4n) is 4.26. The molecular weight excluding hydrogens is 388 g/mol. The summed E-state index contributed by atoms with van der Waals surface area (Å²) < 4.78 is 29.5. The number of hydrogen-bond acceptors (Lipinski definition) is 7. The van der Waals surface area contributed by atoms with Gasteiger partial charge in [-0.15, -0.1) is 0 Å². The lowest BCUT2D eigenvalue weighted by Gasteiger charge is -2.40. The van der Waals surface area contributed by atoms with Gasteiger partial charge in [-0.05, 0) is 11.1 Å². The molecule has 0 amide bonds. The molecule has 2 aliphatic heterocycles. The minimum absolute atomic E-state index is 0.0102. The number of ether oxygens (including phenoxy) is 5. The maximum Gasteiger partial charge on any atom is 0.222 e. The van der Waals surface area contributed by atoms with Gasteiger partial charge in [0.1, 0.15) is 24.9 Å². The van der Waals surface area contributed by atoms with E-state index < -0.39 is 29.7 Å². The quantitative estimate of drug-likeness (QED) is 0.609. The van der Waals surface area contributed by atoms with E-state index >= 15 is 0 Å². The van der Waals surface area contributed by atoms with Crippen LogP contribution in [0.25, 0.3) is 0 Å². The van der Waals surface area contributed by atoms with Crippen molar-refractivity contribution in [3.05, 3.63) is 71.8 Å². The fraction of sp³-hybridized carbons (Fsp3) is 0.478. The Morgan fingerprint density at radius 3 is 2.17 bits per heavy atom. The maximum absolute atomic E-state index is 11.0. The first-order chi connectivity index (χ1) is 14.6. The molecule has 2 heterocycles. The van der Waals surface area contributed by atoms with Crippen LogP contribution < -0.4 is 0 Å². The summed E-state index contributed by atoms with van der Waals surface area (Å²) >= 11 is 0. The van der Waals surface area contributed by atoms with Gasteiger partial charge >= 0.3 is 0 Å². The molecule has 2 bridgehead atoms. The third kappa shape index (κ3) is 3.90. The summed E-state index contributed by atoms with van der Waals surface area (Å²) in [6.07, 6.45) is -2.56. The van der Waals surface area contributed by atoms with Crippen LogP contribution in [-0.4, -0.2) is 66.8 Å². The fourth-order valence-corrected chi connectivity index (χ4v) is 4.26. The Balaban J connectivity index is 1.54. The first-order valence-corrected chi connectivity index (χ1v) is 10.1. The average Bonchev–Trinajstić information content (AvgIpc) is 3.21. The highest BCUT2D eigenvalue weighted by atomic mass is 16.8. The molecule has 162 valence electrons. The Morgan fingerprint density at radius 2 is 1.57 bits per heavy atom. The second-order valence-electron chi connectivity index (χ2n) is 7.73. The molecule has 2 saturated heterocycles. The molecule has 2 N–H and O–H groups in total. The zero-order chi connectivity index (χ0) is 21.0. The van der Waals surface area contributed by atoms with E-state index in [9.17, 15) is 10.2 Å². The van der Waals surface area contributed by atoms with E-state index in [1.165, 1.54) is 7.11 Å². The first-order valence-electron chi connectivity index (χ1n) is 10.1. The van der Waals surface area contributed by atoms with Crippen LogP contribution in [0.2, 0.25) is 0 Å². The number of aliphatic hydroxyl groups is 2. The van der Waals surface area contributed by atoms with E-state index in [4.69, 9.17) is 23.7 Å². The maximum atomic E-state index is 11.0. The second kappa shape index (κ2) is 9.11. The molecule has 7 heteroatoms. The van der Waals surface area contributed by atoms with Crippen molar-refractivity contribution in [1.82, 2.24) is 0 Å². The highest BCUT2D eigenvalue weighted by Gasteiger charge is 2.74. The predicted octanol–water partition coefficient (Wildman–Crippen LogP) is 1.65. The van der Waals surface area contributed by atoms with Gasteiger partial charge in [0, 0.05) is 7.11 Å². The molecule has 2 aliphatic rings. The Bertz CT molecular complexity index is 802. The van der Waals surface area contributed by atoms with E-state index in [1.54, 1.807) is 0 Å². The zero-order valence-corrected chi connectivity index (χ0v) is 17.0. The normalized spacial score (nSPS) is 32.6. The lowest BCUT2D eigenvalue weighted by molar-refractivity contribution is -0.248. The highest BCUT2D eigenvalue weighted by Crippen LogP contribution is 2.51. The summed E-state index contributed by atoms with van der Waals surface area (Å²) in [5, 5.41) is 21.0. The molecule has 5 atom stereocenters. The SMILES string of the molecule is COC[C@@]12O[C@@H](CO)[C@@](COCc3ccccc3)(O1)[C@@H](OCc1ccccc1)[C@@H]2O. The van der Waals surface area contributed by atoms with E-state index in [1.807, 2.05) is 60.7 Å². The third-order valence-electron chi connectivity index (χ3n) is 5.69. The Hall–Kier alpha value is -1.84. The molecule has 0 unspecified atom stereocenters. The lowest BCUT2D eigenvalue weighted by Crippen LogP contribution is -2.62. The van der Waals surface area contributed by atoms with Gasteiger partial charge in [0.15, 0.2) is 5.60 Å². The Labute approximate surface area is 176 Å². The number of hydrogen-bond donors (Lipinski definition) is 2. The van der Waals surface area contributed by atoms with Crippen LogP contribution in [0.4, 0.5) is 0 Å². The molecule has 0 aromatic heterocycles. The van der Waals surface area contributed by atoms with Crippen molar-refractivity contribution in [1.29, 1.82) is 0 Å². The summed E-state index contributed by atoms with van der Waals surface area (Å²) in [4.78, 5) is 0. The minimum Gasteiger partial charge on any atom is -0.394 e. The second-order valence-corrected chi connectivity index (χ2v) is 7.73. The van der Waals surface area contributed by atoms with Crippen LogP contribution >= 0.6 is 0 Å². The molecule has 2 fully saturated rings. The molecule has 0 saturated carbocycles. The highest BCUT2D eigenvalue weighted by molar-refractivity contribution is 5.18. The molecule has 2 aromatic rings. The minimum atomic E-state index is -1.40. The summed E-state index contributed by atoms with van der Waals surface area (Å²) in [5.74, 6) is -1.40. The number of benzene rings is 2. The van der Waals surface area contributed by atoms with Crippen molar-refractivity contribution < 1.29 is 33.9 Å². The molecule has 4 rings (SSSR count). The van der Waals surface area contributed by atoms with Gasteiger partial charge in [-0.1, -0.05) is 60.7 Å². The molecule has 0 radical (unpaired) electrons. The van der Waals surface area contributed by atoms with Crippen LogP contribution in [0.5, 0.6) is 0 Å². The molecule has 2 aromatic carbocycles. The van der Waals surface area contributed by atoms with Crippen molar-refractivity contribution in [2.24, 2.45) is 0 Å². The molecule has 30 heavy (non-hydrogen) atoms. The topological polar surface area (TPSA) is 86.6 Å². The van der Waals surface area contributed by atoms with Crippen LogP contribution in [0.3, 0.4) is 0 Å². The average molecular weight is 416 g/mol. The van der Waals surface area contributed by atoms with Crippen LogP contribution in [0.15, 0.2) is 60.7 Å². The first kappa shape index (κ1) is 21.4. The van der Waals surface area contributed by atoms with Crippen LogP contribution in [0, 0.1) is 0 Å². The van der Waals surface area contributed by atoms with Gasteiger partial charge in [-0.25, -0.2) is 0 Å². The number of rotatable bonds is 10. The molecular formula is C23H28O7. The summed E-state index contributed by atoms with van der Waals surface area (Å²) in [6, 6.07) is 19.4. The van der Waals surface area contributed by atoms with Crippen molar-refractivity contribution in [2.45, 2.75) is 42.9 Å². The summed E-state index contributed by atoms with van der Waals surface area (Å²) in [5.41, 5.74) is 0.822. The Kier molecular flexibility index (Phi) is 6.50. The van der Waals surface area contributed by atoms with Crippen LogP contribution in [-0.2, 0) is 36.9 Å². The Morgan fingerprint density at radius 1 is 0.933 bits per heavy atom. The third-order valence-corrected chi connectivity index (χ3v) is 5.69. The van der Waals surface area contributed by atoms with Crippen molar-refractivity contribution in [3.8, 4) is 0 Å². The predicted molar refractivity (Wildman–Crippen MR) is 108 cm³/mol. The number of methoxy groups -OCH3 is 1. The van der Waals surface area contributed by atoms with Gasteiger partial charge in [0.25, 0.3) is 0 Å². The molecule has 0 spiro atoms.